The van der Waals surface area contributed by atoms with Gasteiger partial charge in [-0.05, 0) is 88.0 Å². The van der Waals surface area contributed by atoms with E-state index in [1.807, 2.05) is 24.3 Å². The monoisotopic (exact) mass is 590 g/mol. The Morgan fingerprint density at radius 3 is 2.10 bits per heavy atom. The van der Waals surface area contributed by atoms with Gasteiger partial charge in [0.05, 0.1) is 25.0 Å². The Morgan fingerprint density at radius 1 is 0.800 bits per heavy atom. The molecule has 0 spiro atoms. The molecular formula is C13H7Br5O2. The Morgan fingerprint density at radius 2 is 1.50 bits per heavy atom. The number of hydrogen-bond acceptors (Lipinski definition) is 2. The Balaban J connectivity index is 2.44. The lowest BCUT2D eigenvalue weighted by Gasteiger charge is -2.14. The zero-order valence-corrected chi connectivity index (χ0v) is 17.9. The van der Waals surface area contributed by atoms with E-state index in [1.165, 1.54) is 0 Å². The zero-order valence-electron chi connectivity index (χ0n) is 10.0. The van der Waals surface area contributed by atoms with Gasteiger partial charge in [0.25, 0.3) is 0 Å². The normalized spacial score (nSPS) is 10.5. The van der Waals surface area contributed by atoms with Crippen molar-refractivity contribution >= 4 is 79.6 Å². The summed E-state index contributed by atoms with van der Waals surface area (Å²) in [4.78, 5) is 0. The van der Waals surface area contributed by atoms with Gasteiger partial charge in [0.15, 0.2) is 0 Å². The number of rotatable bonds is 3. The maximum Gasteiger partial charge on any atom is 0.148 e. The Kier molecular flexibility index (Phi) is 5.99. The molecule has 0 aliphatic rings. The Labute approximate surface area is 158 Å². The molecule has 0 fully saturated rings. The fraction of sp³-hybridized carbons (Fsp3) is 0.0769. The van der Waals surface area contributed by atoms with Crippen LogP contribution in [0.3, 0.4) is 0 Å². The number of halogens is 5. The Hall–Kier alpha value is 0.440. The smallest absolute Gasteiger partial charge is 0.148 e. The minimum Gasteiger partial charge on any atom is -0.494 e. The first-order valence-electron chi connectivity index (χ1n) is 5.28. The lowest BCUT2D eigenvalue weighted by molar-refractivity contribution is 0.406. The highest BCUT2D eigenvalue weighted by molar-refractivity contribution is 9.13. The first-order chi connectivity index (χ1) is 9.43. The largest absolute Gasteiger partial charge is 0.494 e. The topological polar surface area (TPSA) is 18.5 Å². The molecule has 0 bridgehead atoms. The molecule has 0 N–H and O–H groups in total. The highest BCUT2D eigenvalue weighted by Gasteiger charge is 2.16. The van der Waals surface area contributed by atoms with Gasteiger partial charge in [-0.2, -0.15) is 0 Å². The first kappa shape index (κ1) is 16.8. The molecular weight excluding hydrogens is 588 g/mol. The van der Waals surface area contributed by atoms with Crippen LogP contribution in [0.5, 0.6) is 17.2 Å². The molecule has 0 aliphatic heterocycles. The van der Waals surface area contributed by atoms with Gasteiger partial charge in [-0.25, -0.2) is 0 Å². The first-order valence-corrected chi connectivity index (χ1v) is 9.25. The summed E-state index contributed by atoms with van der Waals surface area (Å²) in [7, 11) is 1.61. The molecule has 2 rings (SSSR count). The summed E-state index contributed by atoms with van der Waals surface area (Å²) >= 11 is 17.3. The van der Waals surface area contributed by atoms with Crippen molar-refractivity contribution in [3.05, 3.63) is 46.6 Å². The average Bonchev–Trinajstić information content (AvgIpc) is 2.39. The summed E-state index contributed by atoms with van der Waals surface area (Å²) in [5.41, 5.74) is 0. The second-order valence-corrected chi connectivity index (χ2v) is 7.90. The predicted octanol–water partition coefficient (Wildman–Crippen LogP) is 7.30. The standard InChI is InChI=1S/C13H7Br5O2/c1-19-13-8(16)5-10(11(17)12(13)18)20-9-3-2-6(14)4-7(9)15/h2-5H,1H3. The second-order valence-electron chi connectivity index (χ2n) is 3.69. The summed E-state index contributed by atoms with van der Waals surface area (Å²) < 4.78 is 15.5. The van der Waals surface area contributed by atoms with Crippen LogP contribution in [-0.4, -0.2) is 7.11 Å². The van der Waals surface area contributed by atoms with Crippen LogP contribution in [-0.2, 0) is 0 Å². The highest BCUT2D eigenvalue weighted by atomic mass is 79.9. The summed E-state index contributed by atoms with van der Waals surface area (Å²) in [6.07, 6.45) is 0. The molecule has 7 heteroatoms. The van der Waals surface area contributed by atoms with Gasteiger partial charge in [-0.15, -0.1) is 0 Å². The van der Waals surface area contributed by atoms with Gasteiger partial charge in [-0.3, -0.25) is 0 Å². The van der Waals surface area contributed by atoms with Crippen LogP contribution >= 0.6 is 79.6 Å². The van der Waals surface area contributed by atoms with Gasteiger partial charge < -0.3 is 9.47 Å². The van der Waals surface area contributed by atoms with Crippen molar-refractivity contribution < 1.29 is 9.47 Å². The SMILES string of the molecule is COc1c(Br)cc(Oc2ccc(Br)cc2Br)c(Br)c1Br. The summed E-state index contributed by atoms with van der Waals surface area (Å²) in [5, 5.41) is 0. The van der Waals surface area contributed by atoms with E-state index in [9.17, 15) is 0 Å². The fourth-order valence-corrected chi connectivity index (χ4v) is 4.40. The third-order valence-electron chi connectivity index (χ3n) is 2.40. The molecule has 20 heavy (non-hydrogen) atoms. The molecule has 0 radical (unpaired) electrons. The van der Waals surface area contributed by atoms with Gasteiger partial charge >= 0.3 is 0 Å². The minimum absolute atomic E-state index is 0.674. The van der Waals surface area contributed by atoms with Crippen molar-refractivity contribution in [3.8, 4) is 17.2 Å². The van der Waals surface area contributed by atoms with E-state index in [4.69, 9.17) is 9.47 Å². The maximum atomic E-state index is 5.93. The molecule has 0 saturated heterocycles. The van der Waals surface area contributed by atoms with Gasteiger partial charge in [-0.1, -0.05) is 15.9 Å². The summed E-state index contributed by atoms with van der Waals surface area (Å²) in [5.74, 6) is 2.10. The number of methoxy groups -OCH3 is 1. The van der Waals surface area contributed by atoms with Gasteiger partial charge in [0.1, 0.15) is 17.2 Å². The van der Waals surface area contributed by atoms with E-state index in [2.05, 4.69) is 79.6 Å². The van der Waals surface area contributed by atoms with Crippen LogP contribution in [0.15, 0.2) is 46.6 Å². The molecule has 0 aliphatic carbocycles. The van der Waals surface area contributed by atoms with Gasteiger partial charge in [0.2, 0.25) is 0 Å². The molecule has 0 atom stereocenters. The van der Waals surface area contributed by atoms with Crippen LogP contribution in [0.25, 0.3) is 0 Å². The number of benzene rings is 2. The molecule has 106 valence electrons. The number of ether oxygens (including phenoxy) is 2. The van der Waals surface area contributed by atoms with Gasteiger partial charge in [0, 0.05) is 4.47 Å². The Bertz CT molecular complexity index is 658. The molecule has 0 saturated carbocycles. The van der Waals surface area contributed by atoms with Crippen molar-refractivity contribution in [2.45, 2.75) is 0 Å². The quantitative estimate of drug-likeness (QED) is 0.347. The van der Waals surface area contributed by atoms with Crippen LogP contribution in [0.1, 0.15) is 0 Å². The predicted molar refractivity (Wildman–Crippen MR) is 98.0 cm³/mol. The summed E-state index contributed by atoms with van der Waals surface area (Å²) in [6, 6.07) is 7.58. The van der Waals surface area contributed by atoms with Crippen molar-refractivity contribution in [1.29, 1.82) is 0 Å². The fourth-order valence-electron chi connectivity index (χ4n) is 1.49. The number of hydrogen-bond donors (Lipinski definition) is 0. The van der Waals surface area contributed by atoms with E-state index in [0.29, 0.717) is 11.5 Å². The molecule has 0 amide bonds. The zero-order chi connectivity index (χ0) is 14.9. The van der Waals surface area contributed by atoms with E-state index < -0.39 is 0 Å². The lowest BCUT2D eigenvalue weighted by atomic mass is 10.3. The van der Waals surface area contributed by atoms with Crippen molar-refractivity contribution in [2.24, 2.45) is 0 Å². The van der Waals surface area contributed by atoms with Crippen LogP contribution < -0.4 is 9.47 Å². The van der Waals surface area contributed by atoms with Crippen molar-refractivity contribution in [1.82, 2.24) is 0 Å². The van der Waals surface area contributed by atoms with Crippen molar-refractivity contribution in [3.63, 3.8) is 0 Å². The van der Waals surface area contributed by atoms with E-state index in [1.54, 1.807) is 7.11 Å². The molecule has 2 aromatic rings. The molecule has 0 heterocycles. The third-order valence-corrected chi connectivity index (χ3v) is 6.18. The van der Waals surface area contributed by atoms with E-state index >= 15 is 0 Å². The van der Waals surface area contributed by atoms with E-state index in [-0.39, 0.29) is 0 Å². The summed E-state index contributed by atoms with van der Waals surface area (Å²) in [6.45, 7) is 0. The molecule has 2 nitrogen and oxygen atoms in total. The van der Waals surface area contributed by atoms with E-state index in [0.717, 1.165) is 28.1 Å². The van der Waals surface area contributed by atoms with Crippen molar-refractivity contribution in [2.75, 3.05) is 7.11 Å². The van der Waals surface area contributed by atoms with Crippen LogP contribution in [0, 0.1) is 0 Å². The average molecular weight is 595 g/mol. The van der Waals surface area contributed by atoms with Crippen LogP contribution in [0.2, 0.25) is 0 Å². The molecule has 0 unspecified atom stereocenters. The van der Waals surface area contributed by atoms with Crippen LogP contribution in [0.4, 0.5) is 0 Å². The maximum absolute atomic E-state index is 5.93. The minimum atomic E-state index is 0.674. The highest BCUT2D eigenvalue weighted by Crippen LogP contribution is 2.46. The molecule has 0 aromatic heterocycles. The lowest BCUT2D eigenvalue weighted by Crippen LogP contribution is -1.92. The third kappa shape index (κ3) is 3.61. The molecule has 2 aromatic carbocycles. The second kappa shape index (κ2) is 7.13.